The topological polar surface area (TPSA) is 0 Å². The average Bonchev–Trinajstić information content (AvgIpc) is 2.29. The van der Waals surface area contributed by atoms with Gasteiger partial charge in [0, 0.05) is 0 Å². The minimum absolute atomic E-state index is 0.849. The van der Waals surface area contributed by atoms with Gasteiger partial charge >= 0.3 is 93.1 Å². The summed E-state index contributed by atoms with van der Waals surface area (Å²) in [5.74, 6) is 0. The molecule has 0 aromatic heterocycles. The van der Waals surface area contributed by atoms with Gasteiger partial charge < -0.3 is 0 Å². The summed E-state index contributed by atoms with van der Waals surface area (Å²) in [6, 6.07) is 11.0. The summed E-state index contributed by atoms with van der Waals surface area (Å²) in [5.41, 5.74) is 1.54. The van der Waals surface area contributed by atoms with Crippen LogP contribution in [0.1, 0.15) is 37.7 Å². The van der Waals surface area contributed by atoms with E-state index in [-0.39, 0.29) is 0 Å². The Morgan fingerprint density at radius 3 is 2.43 bits per heavy atom. The Balaban J connectivity index is 1.76. The molecule has 14 heavy (non-hydrogen) atoms. The van der Waals surface area contributed by atoms with Crippen LogP contribution in [0.5, 0.6) is 0 Å². The predicted octanol–water partition coefficient (Wildman–Crippen LogP) is 3.64. The van der Waals surface area contributed by atoms with Gasteiger partial charge in [-0.15, -0.1) is 0 Å². The Kier molecular flexibility index (Phi) is 4.09. The molecule has 76 valence electrons. The molecule has 1 aliphatic rings. The predicted molar refractivity (Wildman–Crippen MR) is 62.7 cm³/mol. The van der Waals surface area contributed by atoms with Crippen LogP contribution < -0.4 is 0 Å². The Labute approximate surface area is 93.3 Å². The van der Waals surface area contributed by atoms with E-state index in [1.807, 2.05) is 0 Å². The third-order valence-electron chi connectivity index (χ3n) is 2.88. The van der Waals surface area contributed by atoms with Crippen LogP contribution in [0.4, 0.5) is 0 Å². The summed E-state index contributed by atoms with van der Waals surface area (Å²) in [6.07, 6.45) is 7.47. The van der Waals surface area contributed by atoms with E-state index in [1.54, 1.807) is 0 Å². The van der Waals surface area contributed by atoms with Gasteiger partial charge in [0.2, 0.25) is 0 Å². The molecule has 1 aliphatic carbocycles. The van der Waals surface area contributed by atoms with Gasteiger partial charge in [-0.3, -0.25) is 0 Å². The second-order valence-corrected chi connectivity index (χ2v) is 6.76. The second kappa shape index (κ2) is 5.58. The molecule has 0 radical (unpaired) electrons. The summed E-state index contributed by atoms with van der Waals surface area (Å²) < 4.78 is 0. The van der Waals surface area contributed by atoms with E-state index in [0.29, 0.717) is 0 Å². The fourth-order valence-corrected chi connectivity index (χ4v) is 4.72. The van der Waals surface area contributed by atoms with Crippen molar-refractivity contribution in [2.24, 2.45) is 0 Å². The Morgan fingerprint density at radius 2 is 1.71 bits per heavy atom. The van der Waals surface area contributed by atoms with Crippen molar-refractivity contribution in [3.05, 3.63) is 35.9 Å². The summed E-state index contributed by atoms with van der Waals surface area (Å²) >= 11 is 0.849. The number of hydrogen-bond acceptors (Lipinski definition) is 0. The third kappa shape index (κ3) is 3.15. The monoisotopic (exact) mass is 254 g/mol. The molecule has 0 unspecified atom stereocenters. The van der Waals surface area contributed by atoms with Gasteiger partial charge in [-0.25, -0.2) is 0 Å². The first-order valence-electron chi connectivity index (χ1n) is 5.61. The molecule has 0 heterocycles. The molecule has 0 N–H and O–H groups in total. The molecule has 1 aromatic carbocycles. The van der Waals surface area contributed by atoms with Crippen LogP contribution in [0.25, 0.3) is 0 Å². The van der Waals surface area contributed by atoms with E-state index in [0.717, 1.165) is 19.8 Å². The summed E-state index contributed by atoms with van der Waals surface area (Å²) in [6.45, 7) is 0. The number of rotatable bonds is 3. The van der Waals surface area contributed by atoms with E-state index >= 15 is 0 Å². The molecule has 1 saturated carbocycles. The van der Waals surface area contributed by atoms with Crippen molar-refractivity contribution in [1.29, 1.82) is 0 Å². The standard InChI is InChI=1S/C13H18Se/c1-3-7-12(8-4-1)11-14-13-9-5-2-6-10-13/h1,3-4,7-8,13H,2,5-6,9-11H2. The van der Waals surface area contributed by atoms with Crippen molar-refractivity contribution < 1.29 is 0 Å². The van der Waals surface area contributed by atoms with Crippen LogP contribution in [0.15, 0.2) is 30.3 Å². The van der Waals surface area contributed by atoms with Gasteiger partial charge in [0.05, 0.1) is 0 Å². The summed E-state index contributed by atoms with van der Waals surface area (Å²) in [4.78, 5) is 1.08. The quantitative estimate of drug-likeness (QED) is 0.721. The second-order valence-electron chi connectivity index (χ2n) is 4.06. The van der Waals surface area contributed by atoms with E-state index in [4.69, 9.17) is 0 Å². The van der Waals surface area contributed by atoms with Gasteiger partial charge in [-0.1, -0.05) is 0 Å². The van der Waals surface area contributed by atoms with E-state index < -0.39 is 0 Å². The molecule has 0 atom stereocenters. The minimum atomic E-state index is 0.849. The first-order chi connectivity index (χ1) is 6.95. The molecule has 0 amide bonds. The third-order valence-corrected chi connectivity index (χ3v) is 5.91. The maximum absolute atomic E-state index is 2.27. The van der Waals surface area contributed by atoms with Crippen molar-refractivity contribution in [1.82, 2.24) is 0 Å². The zero-order valence-electron chi connectivity index (χ0n) is 8.61. The Morgan fingerprint density at radius 1 is 1.00 bits per heavy atom. The van der Waals surface area contributed by atoms with Crippen LogP contribution in [-0.2, 0) is 5.32 Å². The van der Waals surface area contributed by atoms with Crippen LogP contribution in [0, 0.1) is 0 Å². The van der Waals surface area contributed by atoms with E-state index in [1.165, 1.54) is 43.0 Å². The molecule has 0 spiro atoms. The fourth-order valence-electron chi connectivity index (χ4n) is 2.02. The summed E-state index contributed by atoms with van der Waals surface area (Å²) in [5, 5.41) is 1.35. The molecule has 1 heteroatoms. The SMILES string of the molecule is c1ccc(C[Se]C2CCCCC2)cc1. The fraction of sp³-hybridized carbons (Fsp3) is 0.538. The molecular formula is C13H18Se. The van der Waals surface area contributed by atoms with Crippen LogP contribution in [0.3, 0.4) is 0 Å². The van der Waals surface area contributed by atoms with E-state index in [2.05, 4.69) is 30.3 Å². The van der Waals surface area contributed by atoms with Crippen molar-refractivity contribution in [3.8, 4) is 0 Å². The Hall–Kier alpha value is -0.261. The van der Waals surface area contributed by atoms with Crippen molar-refractivity contribution in [2.75, 3.05) is 0 Å². The van der Waals surface area contributed by atoms with E-state index in [9.17, 15) is 0 Å². The normalized spacial score (nSPS) is 18.3. The van der Waals surface area contributed by atoms with Crippen LogP contribution in [0.2, 0.25) is 4.82 Å². The average molecular weight is 253 g/mol. The molecular weight excluding hydrogens is 235 g/mol. The van der Waals surface area contributed by atoms with Gasteiger partial charge in [-0.05, 0) is 0 Å². The summed E-state index contributed by atoms with van der Waals surface area (Å²) in [7, 11) is 0. The zero-order chi connectivity index (χ0) is 9.64. The first kappa shape index (κ1) is 10.3. The maximum atomic E-state index is 2.27. The Bertz CT molecular complexity index is 249. The molecule has 0 nitrogen and oxygen atoms in total. The van der Waals surface area contributed by atoms with Gasteiger partial charge in [-0.2, -0.15) is 0 Å². The van der Waals surface area contributed by atoms with Gasteiger partial charge in [0.25, 0.3) is 0 Å². The molecule has 0 bridgehead atoms. The van der Waals surface area contributed by atoms with Crippen LogP contribution >= 0.6 is 0 Å². The van der Waals surface area contributed by atoms with Crippen molar-refractivity contribution in [3.63, 3.8) is 0 Å². The van der Waals surface area contributed by atoms with Crippen molar-refractivity contribution >= 4 is 15.0 Å². The molecule has 2 rings (SSSR count). The van der Waals surface area contributed by atoms with Gasteiger partial charge in [0.15, 0.2) is 0 Å². The van der Waals surface area contributed by atoms with Crippen LogP contribution in [-0.4, -0.2) is 15.0 Å². The van der Waals surface area contributed by atoms with Crippen molar-refractivity contribution in [2.45, 2.75) is 42.2 Å². The first-order valence-corrected chi connectivity index (χ1v) is 7.81. The number of benzene rings is 1. The van der Waals surface area contributed by atoms with Gasteiger partial charge in [0.1, 0.15) is 0 Å². The molecule has 1 aromatic rings. The molecule has 1 fully saturated rings. The molecule has 0 saturated heterocycles. The zero-order valence-corrected chi connectivity index (χ0v) is 10.3. The molecule has 0 aliphatic heterocycles. The number of hydrogen-bond donors (Lipinski definition) is 0.